The van der Waals surface area contributed by atoms with E-state index in [1.807, 2.05) is 18.7 Å². The molecule has 2 aliphatic heterocycles. The second-order valence-corrected chi connectivity index (χ2v) is 8.17. The molecule has 2 fully saturated rings. The maximum absolute atomic E-state index is 13.4. The molecule has 2 aromatic rings. The Balaban J connectivity index is 1.62. The van der Waals surface area contributed by atoms with Crippen molar-refractivity contribution in [2.45, 2.75) is 38.1 Å². The van der Waals surface area contributed by atoms with Crippen LogP contribution in [0.2, 0.25) is 0 Å². The molecule has 0 atom stereocenters. The lowest BCUT2D eigenvalue weighted by atomic mass is 9.82. The summed E-state index contributed by atoms with van der Waals surface area (Å²) in [4.78, 5) is 31.4. The topological polar surface area (TPSA) is 69.6 Å². The molecule has 0 bridgehead atoms. The number of carbonyl (C=O) groups is 2. The summed E-state index contributed by atoms with van der Waals surface area (Å²) >= 11 is 0. The average Bonchev–Trinajstić information content (AvgIpc) is 2.69. The number of piperazine rings is 1. The van der Waals surface area contributed by atoms with Crippen LogP contribution < -0.4 is 4.90 Å². The number of rotatable bonds is 4. The normalized spacial score (nSPS) is 18.7. The van der Waals surface area contributed by atoms with E-state index in [1.54, 1.807) is 23.2 Å². The minimum Gasteiger partial charge on any atom is -0.349 e. The summed E-state index contributed by atoms with van der Waals surface area (Å²) in [5.74, 6) is 0.214. The summed E-state index contributed by atoms with van der Waals surface area (Å²) in [5, 5.41) is 7.91. The monoisotopic (exact) mass is 433 g/mol. The Bertz CT molecular complexity index is 973. The third-order valence-corrected chi connectivity index (χ3v) is 5.81. The Morgan fingerprint density at radius 3 is 2.32 bits per heavy atom. The highest BCUT2D eigenvalue weighted by Crippen LogP contribution is 2.37. The minimum atomic E-state index is -4.43. The van der Waals surface area contributed by atoms with Crippen LogP contribution in [0.4, 0.5) is 19.0 Å². The molecule has 2 saturated heterocycles. The van der Waals surface area contributed by atoms with Crippen molar-refractivity contribution in [2.75, 3.05) is 24.5 Å². The molecule has 164 valence electrons. The summed E-state index contributed by atoms with van der Waals surface area (Å²) in [6.07, 6.45) is -2.88. The van der Waals surface area contributed by atoms with Gasteiger partial charge >= 0.3 is 6.18 Å². The van der Waals surface area contributed by atoms with Crippen molar-refractivity contribution in [1.82, 2.24) is 20.0 Å². The number of nitrogens with zero attached hydrogens (tertiary/aromatic N) is 5. The molecule has 1 aromatic heterocycles. The van der Waals surface area contributed by atoms with Crippen LogP contribution >= 0.6 is 0 Å². The third-order valence-electron chi connectivity index (χ3n) is 5.81. The lowest BCUT2D eigenvalue weighted by Crippen LogP contribution is -2.81. The lowest BCUT2D eigenvalue weighted by molar-refractivity contribution is -0.170. The highest BCUT2D eigenvalue weighted by atomic mass is 19.4. The van der Waals surface area contributed by atoms with Crippen LogP contribution in [-0.4, -0.2) is 63.0 Å². The molecule has 0 radical (unpaired) electrons. The molecule has 2 aliphatic rings. The van der Waals surface area contributed by atoms with Crippen LogP contribution in [0, 0.1) is 0 Å². The van der Waals surface area contributed by atoms with Gasteiger partial charge in [0.25, 0.3) is 5.91 Å². The van der Waals surface area contributed by atoms with Gasteiger partial charge in [0.15, 0.2) is 11.4 Å². The molecule has 31 heavy (non-hydrogen) atoms. The Morgan fingerprint density at radius 1 is 1.10 bits per heavy atom. The number of alkyl halides is 3. The van der Waals surface area contributed by atoms with Gasteiger partial charge in [0.05, 0.1) is 18.7 Å². The van der Waals surface area contributed by atoms with Crippen molar-refractivity contribution in [1.29, 1.82) is 0 Å². The molecule has 0 saturated carbocycles. The maximum atomic E-state index is 13.4. The van der Waals surface area contributed by atoms with Gasteiger partial charge < -0.3 is 14.7 Å². The predicted octanol–water partition coefficient (Wildman–Crippen LogP) is 2.33. The Morgan fingerprint density at radius 2 is 1.77 bits per heavy atom. The number of halogens is 3. The summed E-state index contributed by atoms with van der Waals surface area (Å²) in [6.45, 7) is 4.21. The summed E-state index contributed by atoms with van der Waals surface area (Å²) in [7, 11) is 0. The van der Waals surface area contributed by atoms with E-state index in [0.29, 0.717) is 11.4 Å². The van der Waals surface area contributed by atoms with Crippen molar-refractivity contribution in [3.63, 3.8) is 0 Å². The molecule has 2 amide bonds. The molecule has 3 heterocycles. The fourth-order valence-electron chi connectivity index (χ4n) is 4.08. The summed E-state index contributed by atoms with van der Waals surface area (Å²) in [5.41, 5.74) is -1.31. The van der Waals surface area contributed by atoms with E-state index in [4.69, 9.17) is 0 Å². The molecular weight excluding hydrogens is 411 g/mol. The third kappa shape index (κ3) is 3.70. The van der Waals surface area contributed by atoms with Crippen molar-refractivity contribution < 1.29 is 22.8 Å². The van der Waals surface area contributed by atoms with Crippen molar-refractivity contribution in [3.05, 3.63) is 53.7 Å². The Kier molecular flexibility index (Phi) is 5.10. The maximum Gasteiger partial charge on any atom is 0.416 e. The van der Waals surface area contributed by atoms with Gasteiger partial charge in [0.2, 0.25) is 5.91 Å². The predicted molar refractivity (Wildman–Crippen MR) is 106 cm³/mol. The molecule has 0 N–H and O–H groups in total. The fourth-order valence-corrected chi connectivity index (χ4v) is 4.08. The largest absolute Gasteiger partial charge is 0.416 e. The van der Waals surface area contributed by atoms with Gasteiger partial charge in [-0.1, -0.05) is 12.1 Å². The summed E-state index contributed by atoms with van der Waals surface area (Å²) in [6, 6.07) is 8.05. The Hall–Kier alpha value is -3.17. The van der Waals surface area contributed by atoms with Crippen LogP contribution in [0.25, 0.3) is 0 Å². The highest BCUT2D eigenvalue weighted by Gasteiger charge is 2.60. The lowest BCUT2D eigenvalue weighted by Gasteiger charge is -2.58. The first-order valence-electron chi connectivity index (χ1n) is 9.92. The standard InChI is InChI=1S/C21H22F3N5O2/c1-14(2)28-11-18(30)29(10-15-5-7-16(8-6-15)21(22,23)24)20(19(28)31)12-27(13-20)17-4-3-9-25-26-17/h3-9,14H,10-13H2,1-2H3. The zero-order valence-corrected chi connectivity index (χ0v) is 17.1. The zero-order chi connectivity index (χ0) is 22.4. The van der Waals surface area contributed by atoms with Gasteiger partial charge in [-0.25, -0.2) is 0 Å². The van der Waals surface area contributed by atoms with E-state index >= 15 is 0 Å². The quantitative estimate of drug-likeness (QED) is 0.741. The smallest absolute Gasteiger partial charge is 0.349 e. The SMILES string of the molecule is CC(C)N1CC(=O)N(Cc2ccc(C(F)(F)F)cc2)C2(CN(c3cccnn3)C2)C1=O. The van der Waals surface area contributed by atoms with Gasteiger partial charge in [0.1, 0.15) is 6.54 Å². The van der Waals surface area contributed by atoms with Gasteiger partial charge in [-0.3, -0.25) is 9.59 Å². The van der Waals surface area contributed by atoms with Crippen LogP contribution in [0.3, 0.4) is 0 Å². The molecule has 0 unspecified atom stereocenters. The van der Waals surface area contributed by atoms with E-state index in [2.05, 4.69) is 10.2 Å². The van der Waals surface area contributed by atoms with E-state index in [0.717, 1.165) is 12.1 Å². The molecule has 4 rings (SSSR count). The number of hydrogen-bond donors (Lipinski definition) is 0. The van der Waals surface area contributed by atoms with Crippen molar-refractivity contribution >= 4 is 17.6 Å². The van der Waals surface area contributed by atoms with Crippen LogP contribution in [0.15, 0.2) is 42.6 Å². The fraction of sp³-hybridized carbons (Fsp3) is 0.429. The van der Waals surface area contributed by atoms with E-state index in [-0.39, 0.29) is 44.0 Å². The second kappa shape index (κ2) is 7.51. The number of carbonyl (C=O) groups excluding carboxylic acids is 2. The van der Waals surface area contributed by atoms with Crippen molar-refractivity contribution in [3.8, 4) is 0 Å². The van der Waals surface area contributed by atoms with Crippen LogP contribution in [0.1, 0.15) is 25.0 Å². The molecule has 0 aliphatic carbocycles. The minimum absolute atomic E-state index is 0.0516. The molecule has 1 spiro atoms. The van der Waals surface area contributed by atoms with E-state index < -0.39 is 17.3 Å². The zero-order valence-electron chi connectivity index (χ0n) is 17.1. The average molecular weight is 433 g/mol. The molecule has 7 nitrogen and oxygen atoms in total. The van der Waals surface area contributed by atoms with Crippen molar-refractivity contribution in [2.24, 2.45) is 0 Å². The number of anilines is 1. The molecule has 10 heteroatoms. The first-order valence-corrected chi connectivity index (χ1v) is 9.92. The van der Waals surface area contributed by atoms with Crippen LogP contribution in [0.5, 0.6) is 0 Å². The number of amides is 2. The molecular formula is C21H22F3N5O2. The summed E-state index contributed by atoms with van der Waals surface area (Å²) < 4.78 is 38.6. The molecule has 1 aromatic carbocycles. The van der Waals surface area contributed by atoms with E-state index in [1.165, 1.54) is 17.0 Å². The number of hydrogen-bond acceptors (Lipinski definition) is 5. The first-order chi connectivity index (χ1) is 14.6. The second-order valence-electron chi connectivity index (χ2n) is 8.17. The van der Waals surface area contributed by atoms with E-state index in [9.17, 15) is 22.8 Å². The van der Waals surface area contributed by atoms with Gasteiger partial charge in [0, 0.05) is 18.8 Å². The highest BCUT2D eigenvalue weighted by molar-refractivity contribution is 6.00. The first kappa shape index (κ1) is 21.1. The van der Waals surface area contributed by atoms with Crippen LogP contribution in [-0.2, 0) is 22.3 Å². The van der Waals surface area contributed by atoms with Gasteiger partial charge in [-0.15, -0.1) is 5.10 Å². The van der Waals surface area contributed by atoms with Gasteiger partial charge in [-0.2, -0.15) is 18.3 Å². The van der Waals surface area contributed by atoms with Gasteiger partial charge in [-0.05, 0) is 43.7 Å². The number of aromatic nitrogens is 2. The number of benzene rings is 1. The Labute approximate surface area is 177 Å².